The van der Waals surface area contributed by atoms with Crippen LogP contribution in [0.5, 0.6) is 0 Å². The summed E-state index contributed by atoms with van der Waals surface area (Å²) in [6.07, 6.45) is 1.67. The van der Waals surface area contributed by atoms with Gasteiger partial charge in [-0.1, -0.05) is 37.9 Å². The Balaban J connectivity index is 4.04. The molecule has 0 rings (SSSR count). The predicted molar refractivity (Wildman–Crippen MR) is 71.1 cm³/mol. The van der Waals surface area contributed by atoms with Gasteiger partial charge >= 0.3 is 0 Å². The number of nitrogens with zero attached hydrogens (tertiary/aromatic N) is 1. The summed E-state index contributed by atoms with van der Waals surface area (Å²) in [6.45, 7) is 5.33. The van der Waals surface area contributed by atoms with Crippen molar-refractivity contribution in [3.05, 3.63) is 12.7 Å². The minimum absolute atomic E-state index is 0.0193. The summed E-state index contributed by atoms with van der Waals surface area (Å²) >= 11 is 6.53. The van der Waals surface area contributed by atoms with Crippen molar-refractivity contribution in [2.45, 2.75) is 4.83 Å². The van der Waals surface area contributed by atoms with Crippen LogP contribution in [0.3, 0.4) is 0 Å². The van der Waals surface area contributed by atoms with E-state index in [1.54, 1.807) is 18.1 Å². The Bertz CT molecular complexity index is 214. The molecule has 0 radical (unpaired) electrons. The lowest BCUT2D eigenvalue weighted by Gasteiger charge is -2.22. The SMILES string of the molecule is C=CCN(COCCOC)C(=O)C(Br)CBr. The third kappa shape index (κ3) is 6.62. The van der Waals surface area contributed by atoms with Gasteiger partial charge in [0.05, 0.1) is 13.2 Å². The van der Waals surface area contributed by atoms with Gasteiger partial charge in [0.15, 0.2) is 0 Å². The van der Waals surface area contributed by atoms with Crippen LogP contribution in [0.2, 0.25) is 0 Å². The number of halogens is 2. The number of hydrogen-bond acceptors (Lipinski definition) is 3. The lowest BCUT2D eigenvalue weighted by Crippen LogP contribution is -2.39. The van der Waals surface area contributed by atoms with Crippen molar-refractivity contribution >= 4 is 37.8 Å². The van der Waals surface area contributed by atoms with E-state index in [0.717, 1.165) is 0 Å². The van der Waals surface area contributed by atoms with E-state index in [0.29, 0.717) is 25.1 Å². The van der Waals surface area contributed by atoms with Gasteiger partial charge in [0.1, 0.15) is 11.6 Å². The zero-order valence-corrected chi connectivity index (χ0v) is 12.5. The summed E-state index contributed by atoms with van der Waals surface area (Å²) in [4.78, 5) is 13.2. The van der Waals surface area contributed by atoms with Crippen molar-refractivity contribution in [2.24, 2.45) is 0 Å². The summed E-state index contributed by atoms with van der Waals surface area (Å²) in [5.74, 6) is -0.0193. The lowest BCUT2D eigenvalue weighted by molar-refractivity contribution is -0.135. The number of amides is 1. The van der Waals surface area contributed by atoms with Crippen molar-refractivity contribution in [1.29, 1.82) is 0 Å². The van der Waals surface area contributed by atoms with Gasteiger partial charge in [-0.3, -0.25) is 4.79 Å². The molecule has 0 spiro atoms. The smallest absolute Gasteiger partial charge is 0.239 e. The summed E-state index contributed by atoms with van der Waals surface area (Å²) in [6, 6.07) is 0. The van der Waals surface area contributed by atoms with Crippen molar-refractivity contribution in [3.8, 4) is 0 Å². The van der Waals surface area contributed by atoms with E-state index in [-0.39, 0.29) is 17.5 Å². The van der Waals surface area contributed by atoms with Crippen LogP contribution in [0.1, 0.15) is 0 Å². The van der Waals surface area contributed by atoms with Crippen molar-refractivity contribution < 1.29 is 14.3 Å². The van der Waals surface area contributed by atoms with Crippen LogP contribution in [0.15, 0.2) is 12.7 Å². The van der Waals surface area contributed by atoms with E-state index in [2.05, 4.69) is 38.4 Å². The molecule has 0 aliphatic heterocycles. The third-order valence-corrected chi connectivity index (χ3v) is 3.98. The zero-order chi connectivity index (χ0) is 12.4. The molecule has 0 saturated heterocycles. The molecule has 6 heteroatoms. The number of hydrogen-bond donors (Lipinski definition) is 0. The normalized spacial score (nSPS) is 12.2. The van der Waals surface area contributed by atoms with Gasteiger partial charge < -0.3 is 14.4 Å². The molecule has 0 aromatic rings. The van der Waals surface area contributed by atoms with Gasteiger partial charge in [-0.15, -0.1) is 6.58 Å². The first-order chi connectivity index (χ1) is 7.67. The molecule has 1 atom stereocenters. The molecular formula is C10H17Br2NO3. The van der Waals surface area contributed by atoms with Crippen LogP contribution in [-0.2, 0) is 14.3 Å². The number of rotatable bonds is 9. The number of ether oxygens (including phenoxy) is 2. The quantitative estimate of drug-likeness (QED) is 0.273. The molecule has 1 amide bonds. The van der Waals surface area contributed by atoms with Gasteiger partial charge in [-0.2, -0.15) is 0 Å². The second kappa shape index (κ2) is 10.3. The van der Waals surface area contributed by atoms with Crippen LogP contribution in [-0.4, -0.2) is 54.6 Å². The summed E-state index contributed by atoms with van der Waals surface area (Å²) in [5, 5.41) is 0.567. The minimum atomic E-state index is -0.238. The molecule has 16 heavy (non-hydrogen) atoms. The maximum absolute atomic E-state index is 11.8. The molecule has 1 unspecified atom stereocenters. The van der Waals surface area contributed by atoms with Gasteiger partial charge in [0.2, 0.25) is 5.91 Å². The highest BCUT2D eigenvalue weighted by Crippen LogP contribution is 2.08. The fourth-order valence-electron chi connectivity index (χ4n) is 0.943. The second-order valence-corrected chi connectivity index (χ2v) is 4.75. The molecule has 0 aromatic heterocycles. The molecule has 4 nitrogen and oxygen atoms in total. The lowest BCUT2D eigenvalue weighted by atomic mass is 10.4. The van der Waals surface area contributed by atoms with Gasteiger partial charge in [0, 0.05) is 19.0 Å². The second-order valence-electron chi connectivity index (χ2n) is 3.00. The minimum Gasteiger partial charge on any atom is -0.382 e. The number of alkyl halides is 2. The van der Waals surface area contributed by atoms with E-state index in [9.17, 15) is 4.79 Å². The third-order valence-electron chi connectivity index (χ3n) is 1.74. The summed E-state index contributed by atoms with van der Waals surface area (Å²) in [7, 11) is 1.61. The fraction of sp³-hybridized carbons (Fsp3) is 0.700. The first-order valence-electron chi connectivity index (χ1n) is 4.83. The van der Waals surface area contributed by atoms with Crippen molar-refractivity contribution in [2.75, 3.05) is 38.9 Å². The maximum Gasteiger partial charge on any atom is 0.239 e. The monoisotopic (exact) mass is 357 g/mol. The molecular weight excluding hydrogens is 342 g/mol. The summed E-state index contributed by atoms with van der Waals surface area (Å²) in [5.41, 5.74) is 0. The number of carbonyl (C=O) groups excluding carboxylic acids is 1. The topological polar surface area (TPSA) is 38.8 Å². The van der Waals surface area contributed by atoms with Crippen LogP contribution in [0.4, 0.5) is 0 Å². The maximum atomic E-state index is 11.8. The molecule has 94 valence electrons. The van der Waals surface area contributed by atoms with Gasteiger partial charge in [-0.25, -0.2) is 0 Å². The highest BCUT2D eigenvalue weighted by atomic mass is 79.9. The molecule has 0 saturated carbocycles. The van der Waals surface area contributed by atoms with E-state index in [1.165, 1.54) is 0 Å². The molecule has 0 N–H and O–H groups in total. The average Bonchev–Trinajstić information content (AvgIpc) is 2.31. The van der Waals surface area contributed by atoms with Gasteiger partial charge in [-0.05, 0) is 0 Å². The van der Waals surface area contributed by atoms with Gasteiger partial charge in [0.25, 0.3) is 0 Å². The molecule has 0 heterocycles. The largest absolute Gasteiger partial charge is 0.382 e. The molecule has 0 aliphatic rings. The Labute approximate surface area is 113 Å². The van der Waals surface area contributed by atoms with Crippen LogP contribution < -0.4 is 0 Å². The molecule has 0 bridgehead atoms. The predicted octanol–water partition coefficient (Wildman–Crippen LogP) is 1.78. The van der Waals surface area contributed by atoms with Crippen LogP contribution >= 0.6 is 31.9 Å². The van der Waals surface area contributed by atoms with Crippen molar-refractivity contribution in [3.63, 3.8) is 0 Å². The van der Waals surface area contributed by atoms with E-state index in [1.807, 2.05) is 0 Å². The number of carbonyl (C=O) groups is 1. The van der Waals surface area contributed by atoms with Crippen LogP contribution in [0, 0.1) is 0 Å². The Morgan fingerprint density at radius 3 is 2.75 bits per heavy atom. The Morgan fingerprint density at radius 2 is 2.25 bits per heavy atom. The molecule has 0 aliphatic carbocycles. The first kappa shape index (κ1) is 16.1. The number of methoxy groups -OCH3 is 1. The molecule has 0 aromatic carbocycles. The zero-order valence-electron chi connectivity index (χ0n) is 9.33. The average molecular weight is 359 g/mol. The van der Waals surface area contributed by atoms with E-state index >= 15 is 0 Å². The fourth-order valence-corrected chi connectivity index (χ4v) is 1.51. The van der Waals surface area contributed by atoms with Crippen LogP contribution in [0.25, 0.3) is 0 Å². The highest BCUT2D eigenvalue weighted by Gasteiger charge is 2.19. The summed E-state index contributed by atoms with van der Waals surface area (Å²) < 4.78 is 10.1. The standard InChI is InChI=1S/C10H17Br2NO3/c1-3-4-13(8-16-6-5-15-2)10(14)9(12)7-11/h3,9H,1,4-8H2,2H3. The molecule has 0 fully saturated rings. The Hall–Kier alpha value is 0.0900. The highest BCUT2D eigenvalue weighted by molar-refractivity contribution is 9.12. The Kier molecular flexibility index (Phi) is 10.3. The first-order valence-corrected chi connectivity index (χ1v) is 6.87. The Morgan fingerprint density at radius 1 is 1.56 bits per heavy atom. The van der Waals surface area contributed by atoms with E-state index < -0.39 is 0 Å². The van der Waals surface area contributed by atoms with E-state index in [4.69, 9.17) is 9.47 Å². The van der Waals surface area contributed by atoms with Crippen molar-refractivity contribution in [1.82, 2.24) is 4.90 Å².